The van der Waals surface area contributed by atoms with E-state index in [1.54, 1.807) is 24.3 Å². The van der Waals surface area contributed by atoms with Crippen LogP contribution in [-0.2, 0) is 0 Å². The molecule has 2 unspecified atom stereocenters. The molecule has 0 aromatic heterocycles. The van der Waals surface area contributed by atoms with Gasteiger partial charge in [-0.1, -0.05) is 36.4 Å². The van der Waals surface area contributed by atoms with E-state index in [4.69, 9.17) is 0 Å². The van der Waals surface area contributed by atoms with E-state index in [1.807, 2.05) is 24.3 Å². The molecule has 2 rings (SSSR count). The first-order valence-electron chi connectivity index (χ1n) is 6.48. The maximum Gasteiger partial charge on any atom is 0.115 e. The second kappa shape index (κ2) is 6.79. The second-order valence-corrected chi connectivity index (χ2v) is 5.14. The Bertz CT molecular complexity index is 537. The molecule has 0 aliphatic rings. The van der Waals surface area contributed by atoms with Crippen LogP contribution < -0.4 is 0 Å². The third-order valence-electron chi connectivity index (χ3n) is 3.24. The Morgan fingerprint density at radius 1 is 0.850 bits per heavy atom. The van der Waals surface area contributed by atoms with Gasteiger partial charge in [-0.25, -0.2) is 0 Å². The van der Waals surface area contributed by atoms with Crippen LogP contribution >= 0.6 is 12.6 Å². The van der Waals surface area contributed by atoms with E-state index < -0.39 is 12.2 Å². The molecule has 0 bridgehead atoms. The topological polar surface area (TPSA) is 60.7 Å². The molecule has 0 radical (unpaired) electrons. The quantitative estimate of drug-likeness (QED) is 0.640. The number of phenolic OH excluding ortho intramolecular Hbond substituents is 1. The molecule has 0 heterocycles. The average molecular weight is 290 g/mol. The Labute approximate surface area is 123 Å². The van der Waals surface area contributed by atoms with Crippen molar-refractivity contribution in [2.24, 2.45) is 0 Å². The van der Waals surface area contributed by atoms with E-state index in [9.17, 15) is 15.3 Å². The summed E-state index contributed by atoms with van der Waals surface area (Å²) in [4.78, 5) is 0. The number of phenols is 1. The number of aliphatic hydroxyl groups is 2. The van der Waals surface area contributed by atoms with E-state index in [-0.39, 0.29) is 5.75 Å². The maximum absolute atomic E-state index is 10.0. The minimum absolute atomic E-state index is 0.232. The van der Waals surface area contributed by atoms with Crippen molar-refractivity contribution < 1.29 is 15.3 Å². The van der Waals surface area contributed by atoms with E-state index in [1.165, 1.54) is 0 Å². The van der Waals surface area contributed by atoms with Crippen LogP contribution in [0.2, 0.25) is 0 Å². The Hall–Kier alpha value is -1.49. The number of rotatable bonds is 5. The molecule has 3 nitrogen and oxygen atoms in total. The summed E-state index contributed by atoms with van der Waals surface area (Å²) >= 11 is 4.05. The predicted molar refractivity (Wildman–Crippen MR) is 83.0 cm³/mol. The fraction of sp³-hybridized carbons (Fsp3) is 0.250. The highest BCUT2D eigenvalue weighted by Gasteiger charge is 2.17. The van der Waals surface area contributed by atoms with Crippen molar-refractivity contribution in [1.82, 2.24) is 0 Å². The third kappa shape index (κ3) is 3.54. The Morgan fingerprint density at radius 2 is 1.35 bits per heavy atom. The van der Waals surface area contributed by atoms with Gasteiger partial charge in [-0.15, -0.1) is 0 Å². The van der Waals surface area contributed by atoms with Crippen LogP contribution in [0.1, 0.15) is 18.1 Å². The molecule has 3 N–H and O–H groups in total. The van der Waals surface area contributed by atoms with Gasteiger partial charge in [0.05, 0.1) is 6.10 Å². The fourth-order valence-corrected chi connectivity index (χ4v) is 2.30. The molecular formula is C16H18O3S. The van der Waals surface area contributed by atoms with E-state index in [0.717, 1.165) is 11.1 Å². The molecule has 106 valence electrons. The summed E-state index contributed by atoms with van der Waals surface area (Å²) in [6.45, 7) is 0. The molecule has 4 heteroatoms. The minimum atomic E-state index is -0.893. The lowest BCUT2D eigenvalue weighted by atomic mass is 9.99. The molecule has 2 aromatic carbocycles. The van der Waals surface area contributed by atoms with Crippen LogP contribution in [0.3, 0.4) is 0 Å². The Morgan fingerprint density at radius 3 is 1.85 bits per heavy atom. The van der Waals surface area contributed by atoms with Crippen molar-refractivity contribution >= 4 is 12.6 Å². The van der Waals surface area contributed by atoms with Gasteiger partial charge in [-0.3, -0.25) is 0 Å². The van der Waals surface area contributed by atoms with Crippen LogP contribution in [0.4, 0.5) is 0 Å². The van der Waals surface area contributed by atoms with Crippen molar-refractivity contribution in [3.63, 3.8) is 0 Å². The summed E-state index contributed by atoms with van der Waals surface area (Å²) < 4.78 is 0. The number of thiol groups is 1. The summed E-state index contributed by atoms with van der Waals surface area (Å²) in [7, 11) is 0. The molecule has 20 heavy (non-hydrogen) atoms. The zero-order chi connectivity index (χ0) is 14.5. The highest BCUT2D eigenvalue weighted by atomic mass is 32.1. The highest BCUT2D eigenvalue weighted by molar-refractivity contribution is 7.80. The third-order valence-corrected chi connectivity index (χ3v) is 3.50. The van der Waals surface area contributed by atoms with Gasteiger partial charge in [0.15, 0.2) is 0 Å². The van der Waals surface area contributed by atoms with Crippen LogP contribution in [0, 0.1) is 0 Å². The van der Waals surface area contributed by atoms with Crippen molar-refractivity contribution in [3.05, 3.63) is 54.1 Å². The van der Waals surface area contributed by atoms with Crippen molar-refractivity contribution in [3.8, 4) is 16.9 Å². The van der Waals surface area contributed by atoms with Gasteiger partial charge in [0.25, 0.3) is 0 Å². The molecule has 0 spiro atoms. The van der Waals surface area contributed by atoms with Crippen molar-refractivity contribution in [2.75, 3.05) is 5.75 Å². The molecule has 0 amide bonds. The van der Waals surface area contributed by atoms with E-state index in [2.05, 4.69) is 12.6 Å². The molecule has 2 atom stereocenters. The number of hydrogen-bond acceptors (Lipinski definition) is 4. The molecular weight excluding hydrogens is 272 g/mol. The number of hydrogen-bond donors (Lipinski definition) is 4. The van der Waals surface area contributed by atoms with E-state index in [0.29, 0.717) is 17.7 Å². The first-order chi connectivity index (χ1) is 9.61. The Balaban J connectivity index is 2.15. The van der Waals surface area contributed by atoms with Crippen LogP contribution in [-0.4, -0.2) is 27.2 Å². The molecule has 0 aliphatic carbocycles. The number of aromatic hydroxyl groups is 1. The smallest absolute Gasteiger partial charge is 0.115 e. The lowest BCUT2D eigenvalue weighted by Crippen LogP contribution is -2.18. The number of benzene rings is 2. The lowest BCUT2D eigenvalue weighted by Gasteiger charge is -2.17. The molecule has 0 saturated carbocycles. The highest BCUT2D eigenvalue weighted by Crippen LogP contribution is 2.25. The van der Waals surface area contributed by atoms with Gasteiger partial charge in [-0.05, 0) is 41.0 Å². The van der Waals surface area contributed by atoms with E-state index >= 15 is 0 Å². The Kier molecular flexibility index (Phi) is 5.06. The normalized spacial score (nSPS) is 13.9. The fourth-order valence-electron chi connectivity index (χ4n) is 2.04. The van der Waals surface area contributed by atoms with Crippen molar-refractivity contribution in [1.29, 1.82) is 0 Å². The SMILES string of the molecule is Oc1ccc(-c2ccc(C(O)C(O)CCS)cc2)cc1. The minimum Gasteiger partial charge on any atom is -0.508 e. The first kappa shape index (κ1) is 14.9. The molecule has 0 fully saturated rings. The zero-order valence-corrected chi connectivity index (χ0v) is 11.9. The van der Waals surface area contributed by atoms with Gasteiger partial charge < -0.3 is 15.3 Å². The van der Waals surface area contributed by atoms with Gasteiger partial charge in [0.2, 0.25) is 0 Å². The van der Waals surface area contributed by atoms with Gasteiger partial charge >= 0.3 is 0 Å². The van der Waals surface area contributed by atoms with Gasteiger partial charge in [0.1, 0.15) is 11.9 Å². The predicted octanol–water partition coefficient (Wildman–Crippen LogP) is 2.77. The lowest BCUT2D eigenvalue weighted by molar-refractivity contribution is 0.0172. The van der Waals surface area contributed by atoms with Crippen LogP contribution in [0.25, 0.3) is 11.1 Å². The monoisotopic (exact) mass is 290 g/mol. The molecule has 0 saturated heterocycles. The second-order valence-electron chi connectivity index (χ2n) is 4.69. The summed E-state index contributed by atoms with van der Waals surface area (Å²) in [6, 6.07) is 14.3. The first-order valence-corrected chi connectivity index (χ1v) is 7.11. The summed E-state index contributed by atoms with van der Waals surface area (Å²) in [6.07, 6.45) is -1.24. The molecule has 0 aliphatic heterocycles. The maximum atomic E-state index is 10.0. The average Bonchev–Trinajstić information content (AvgIpc) is 2.48. The largest absolute Gasteiger partial charge is 0.508 e. The standard InChI is InChI=1S/C16H18O3S/c17-14-7-5-12(6-8-14)11-1-3-13(4-2-11)16(19)15(18)9-10-20/h1-8,15-20H,9-10H2. The summed E-state index contributed by atoms with van der Waals surface area (Å²) in [5.41, 5.74) is 2.66. The van der Waals surface area contributed by atoms with Crippen LogP contribution in [0.5, 0.6) is 5.75 Å². The van der Waals surface area contributed by atoms with Gasteiger partial charge in [-0.2, -0.15) is 12.6 Å². The zero-order valence-electron chi connectivity index (χ0n) is 11.0. The summed E-state index contributed by atoms with van der Waals surface area (Å²) in [5.74, 6) is 0.764. The van der Waals surface area contributed by atoms with Crippen LogP contribution in [0.15, 0.2) is 48.5 Å². The molecule has 2 aromatic rings. The number of aliphatic hydroxyl groups excluding tert-OH is 2. The van der Waals surface area contributed by atoms with Crippen molar-refractivity contribution in [2.45, 2.75) is 18.6 Å². The summed E-state index contributed by atoms with van der Waals surface area (Å²) in [5, 5.41) is 29.0. The van der Waals surface area contributed by atoms with Gasteiger partial charge in [0, 0.05) is 0 Å².